The Bertz CT molecular complexity index is 363. The minimum Gasteiger partial charge on any atom is -0.494 e. The topological polar surface area (TPSA) is 35.5 Å². The predicted molar refractivity (Wildman–Crippen MR) is 58.4 cm³/mol. The SMILES string of the molecule is COCCCC(=O)c1ccc(F)c(OC)c1. The Labute approximate surface area is 94.2 Å². The second kappa shape index (κ2) is 6.23. The number of ether oxygens (including phenoxy) is 2. The molecule has 0 unspecified atom stereocenters. The number of ketones is 1. The third-order valence-electron chi connectivity index (χ3n) is 2.23. The normalized spacial score (nSPS) is 10.2. The number of carbonyl (C=O) groups is 1. The van der Waals surface area contributed by atoms with Gasteiger partial charge in [-0.3, -0.25) is 4.79 Å². The third kappa shape index (κ3) is 3.31. The maximum atomic E-state index is 13.1. The van der Waals surface area contributed by atoms with Crippen LogP contribution in [-0.4, -0.2) is 26.6 Å². The fourth-order valence-electron chi connectivity index (χ4n) is 1.35. The van der Waals surface area contributed by atoms with Crippen LogP contribution in [0.5, 0.6) is 5.75 Å². The number of hydrogen-bond donors (Lipinski definition) is 0. The fraction of sp³-hybridized carbons (Fsp3) is 0.417. The molecule has 1 aromatic carbocycles. The van der Waals surface area contributed by atoms with Gasteiger partial charge in [0.25, 0.3) is 0 Å². The summed E-state index contributed by atoms with van der Waals surface area (Å²) < 4.78 is 22.7. The van der Waals surface area contributed by atoms with E-state index in [1.807, 2.05) is 0 Å². The van der Waals surface area contributed by atoms with Crippen molar-refractivity contribution in [3.8, 4) is 5.75 Å². The molecule has 16 heavy (non-hydrogen) atoms. The van der Waals surface area contributed by atoms with Crippen LogP contribution in [-0.2, 0) is 4.74 Å². The number of methoxy groups -OCH3 is 2. The molecule has 88 valence electrons. The number of hydrogen-bond acceptors (Lipinski definition) is 3. The van der Waals surface area contributed by atoms with Crippen molar-refractivity contribution in [3.63, 3.8) is 0 Å². The third-order valence-corrected chi connectivity index (χ3v) is 2.23. The number of rotatable bonds is 6. The van der Waals surface area contributed by atoms with Crippen molar-refractivity contribution >= 4 is 5.78 Å². The lowest BCUT2D eigenvalue weighted by atomic mass is 10.1. The molecule has 0 spiro atoms. The summed E-state index contributed by atoms with van der Waals surface area (Å²) in [6, 6.07) is 4.12. The van der Waals surface area contributed by atoms with Gasteiger partial charge in [-0.05, 0) is 24.6 Å². The first-order chi connectivity index (χ1) is 7.69. The van der Waals surface area contributed by atoms with E-state index in [2.05, 4.69) is 0 Å². The first-order valence-corrected chi connectivity index (χ1v) is 5.04. The maximum Gasteiger partial charge on any atom is 0.165 e. The standard InChI is InChI=1S/C12H15FO3/c1-15-7-3-4-11(14)9-5-6-10(13)12(8-9)16-2/h5-6,8H,3-4,7H2,1-2H3. The van der Waals surface area contributed by atoms with E-state index < -0.39 is 5.82 Å². The molecule has 0 aromatic heterocycles. The van der Waals surface area contributed by atoms with E-state index >= 15 is 0 Å². The molecular formula is C12H15FO3. The van der Waals surface area contributed by atoms with Gasteiger partial charge in [-0.15, -0.1) is 0 Å². The van der Waals surface area contributed by atoms with E-state index in [-0.39, 0.29) is 11.5 Å². The molecule has 1 rings (SSSR count). The van der Waals surface area contributed by atoms with Crippen LogP contribution in [0.15, 0.2) is 18.2 Å². The van der Waals surface area contributed by atoms with Crippen molar-refractivity contribution in [1.82, 2.24) is 0 Å². The van der Waals surface area contributed by atoms with Gasteiger partial charge in [-0.2, -0.15) is 0 Å². The zero-order chi connectivity index (χ0) is 12.0. The van der Waals surface area contributed by atoms with E-state index in [1.165, 1.54) is 25.3 Å². The van der Waals surface area contributed by atoms with Crippen molar-refractivity contribution in [3.05, 3.63) is 29.6 Å². The van der Waals surface area contributed by atoms with Gasteiger partial charge < -0.3 is 9.47 Å². The highest BCUT2D eigenvalue weighted by atomic mass is 19.1. The second-order valence-corrected chi connectivity index (χ2v) is 3.37. The highest BCUT2D eigenvalue weighted by Gasteiger charge is 2.09. The lowest BCUT2D eigenvalue weighted by Gasteiger charge is -2.05. The molecule has 0 saturated heterocycles. The minimum absolute atomic E-state index is 0.0321. The molecule has 0 aliphatic carbocycles. The number of Topliss-reactive ketones (excluding diaryl/α,β-unsaturated/α-hetero) is 1. The van der Waals surface area contributed by atoms with Gasteiger partial charge in [0, 0.05) is 25.7 Å². The Morgan fingerprint density at radius 3 is 2.75 bits per heavy atom. The zero-order valence-electron chi connectivity index (χ0n) is 9.46. The Morgan fingerprint density at radius 2 is 2.12 bits per heavy atom. The van der Waals surface area contributed by atoms with Crippen molar-refractivity contribution in [2.45, 2.75) is 12.8 Å². The average Bonchev–Trinajstić information content (AvgIpc) is 2.30. The summed E-state index contributed by atoms with van der Waals surface area (Å²) in [5.74, 6) is -0.399. The van der Waals surface area contributed by atoms with Crippen molar-refractivity contribution in [1.29, 1.82) is 0 Å². The van der Waals surface area contributed by atoms with Gasteiger partial charge in [0.1, 0.15) is 0 Å². The molecule has 3 nitrogen and oxygen atoms in total. The Balaban J connectivity index is 2.68. The summed E-state index contributed by atoms with van der Waals surface area (Å²) in [7, 11) is 2.96. The van der Waals surface area contributed by atoms with E-state index in [1.54, 1.807) is 7.11 Å². The zero-order valence-corrected chi connectivity index (χ0v) is 9.46. The van der Waals surface area contributed by atoms with Gasteiger partial charge in [0.2, 0.25) is 0 Å². The highest BCUT2D eigenvalue weighted by Crippen LogP contribution is 2.19. The Kier molecular flexibility index (Phi) is 4.92. The molecule has 0 aliphatic heterocycles. The molecule has 0 heterocycles. The number of benzene rings is 1. The van der Waals surface area contributed by atoms with Crippen molar-refractivity contribution in [2.24, 2.45) is 0 Å². The largest absolute Gasteiger partial charge is 0.494 e. The van der Waals surface area contributed by atoms with E-state index in [0.717, 1.165) is 0 Å². The summed E-state index contributed by atoms with van der Waals surface area (Å²) in [6.07, 6.45) is 1.05. The van der Waals surface area contributed by atoms with Crippen LogP contribution in [0.2, 0.25) is 0 Å². The monoisotopic (exact) mass is 226 g/mol. The highest BCUT2D eigenvalue weighted by molar-refractivity contribution is 5.96. The van der Waals surface area contributed by atoms with Gasteiger partial charge in [-0.1, -0.05) is 0 Å². The van der Waals surface area contributed by atoms with Gasteiger partial charge >= 0.3 is 0 Å². The molecule has 0 saturated carbocycles. The van der Waals surface area contributed by atoms with E-state index in [4.69, 9.17) is 9.47 Å². The summed E-state index contributed by atoms with van der Waals surface area (Å²) >= 11 is 0. The Hall–Kier alpha value is -1.42. The molecule has 0 amide bonds. The molecule has 0 fully saturated rings. The van der Waals surface area contributed by atoms with Gasteiger partial charge in [0.15, 0.2) is 17.3 Å². The first kappa shape index (κ1) is 12.6. The van der Waals surface area contributed by atoms with Crippen LogP contribution < -0.4 is 4.74 Å². The van der Waals surface area contributed by atoms with E-state index in [0.29, 0.717) is 25.0 Å². The minimum atomic E-state index is -0.462. The fourth-order valence-corrected chi connectivity index (χ4v) is 1.35. The molecule has 4 heteroatoms. The molecule has 0 aliphatic rings. The number of halogens is 1. The van der Waals surface area contributed by atoms with Crippen LogP contribution in [0, 0.1) is 5.82 Å². The van der Waals surface area contributed by atoms with Crippen molar-refractivity contribution in [2.75, 3.05) is 20.8 Å². The van der Waals surface area contributed by atoms with Crippen molar-refractivity contribution < 1.29 is 18.7 Å². The molecule has 0 atom stereocenters. The molecule has 0 N–H and O–H groups in total. The second-order valence-electron chi connectivity index (χ2n) is 3.37. The van der Waals surface area contributed by atoms with Crippen LogP contribution in [0.3, 0.4) is 0 Å². The van der Waals surface area contributed by atoms with Crippen LogP contribution in [0.25, 0.3) is 0 Å². The predicted octanol–water partition coefficient (Wildman–Crippen LogP) is 2.44. The molecule has 1 aromatic rings. The lowest BCUT2D eigenvalue weighted by Crippen LogP contribution is -2.02. The van der Waals surface area contributed by atoms with Crippen LogP contribution in [0.1, 0.15) is 23.2 Å². The van der Waals surface area contributed by atoms with Gasteiger partial charge in [0.05, 0.1) is 7.11 Å². The average molecular weight is 226 g/mol. The molecule has 0 bridgehead atoms. The maximum absolute atomic E-state index is 13.1. The summed E-state index contributed by atoms with van der Waals surface area (Å²) in [5.41, 5.74) is 0.467. The van der Waals surface area contributed by atoms with Crippen LogP contribution >= 0.6 is 0 Å². The smallest absolute Gasteiger partial charge is 0.165 e. The Morgan fingerprint density at radius 1 is 1.38 bits per heavy atom. The summed E-state index contributed by atoms with van der Waals surface area (Å²) in [6.45, 7) is 0.546. The van der Waals surface area contributed by atoms with E-state index in [9.17, 15) is 9.18 Å². The summed E-state index contributed by atoms with van der Waals surface area (Å²) in [5, 5.41) is 0. The quantitative estimate of drug-likeness (QED) is 0.552. The number of carbonyl (C=O) groups excluding carboxylic acids is 1. The van der Waals surface area contributed by atoms with Crippen LogP contribution in [0.4, 0.5) is 4.39 Å². The molecule has 0 radical (unpaired) electrons. The molecular weight excluding hydrogens is 211 g/mol. The summed E-state index contributed by atoms with van der Waals surface area (Å²) in [4.78, 5) is 11.7. The van der Waals surface area contributed by atoms with Gasteiger partial charge in [-0.25, -0.2) is 4.39 Å². The first-order valence-electron chi connectivity index (χ1n) is 5.04. The lowest BCUT2D eigenvalue weighted by molar-refractivity contribution is 0.0963.